The molecule has 112 valence electrons. The zero-order valence-electron chi connectivity index (χ0n) is 11.1. The fourth-order valence-corrected chi connectivity index (χ4v) is 2.09. The first-order valence-corrected chi connectivity index (χ1v) is 6.02. The Hall–Kier alpha value is -1.95. The summed E-state index contributed by atoms with van der Waals surface area (Å²) in [4.78, 5) is 0. The molecule has 0 aliphatic carbocycles. The third-order valence-corrected chi connectivity index (χ3v) is 3.46. The maximum atomic E-state index is 13.7. The molecule has 1 nitrogen and oxygen atoms in total. The van der Waals surface area contributed by atoms with Crippen molar-refractivity contribution < 1.29 is 27.1 Å². The first-order chi connectivity index (χ1) is 9.77. The van der Waals surface area contributed by atoms with Crippen molar-refractivity contribution in [3.63, 3.8) is 0 Å². The highest BCUT2D eigenvalue weighted by Gasteiger charge is 2.30. The molecule has 0 saturated heterocycles. The SMILES string of the molecule is Cc1cccc(C(O)c2c(F)c(F)c(F)c(F)c2F)c1C. The molecule has 0 amide bonds. The number of aliphatic hydroxyl groups is 1. The zero-order valence-corrected chi connectivity index (χ0v) is 11.1. The highest BCUT2D eigenvalue weighted by Crippen LogP contribution is 2.33. The molecule has 2 aromatic carbocycles. The number of hydrogen-bond acceptors (Lipinski definition) is 1. The molecule has 2 rings (SSSR count). The molecule has 0 bridgehead atoms. The molecule has 0 heterocycles. The average molecular weight is 302 g/mol. The van der Waals surface area contributed by atoms with E-state index in [0.717, 1.165) is 5.56 Å². The Morgan fingerprint density at radius 1 is 0.810 bits per heavy atom. The van der Waals surface area contributed by atoms with Crippen LogP contribution >= 0.6 is 0 Å². The first kappa shape index (κ1) is 15.4. The molecule has 0 fully saturated rings. The maximum Gasteiger partial charge on any atom is 0.200 e. The quantitative estimate of drug-likeness (QED) is 0.503. The molecule has 1 atom stereocenters. The molecule has 0 aliphatic heterocycles. The van der Waals surface area contributed by atoms with Gasteiger partial charge in [-0.1, -0.05) is 18.2 Å². The number of benzene rings is 2. The van der Waals surface area contributed by atoms with Crippen molar-refractivity contribution in [3.05, 3.63) is 69.5 Å². The summed E-state index contributed by atoms with van der Waals surface area (Å²) in [6.07, 6.45) is -1.95. The van der Waals surface area contributed by atoms with Crippen molar-refractivity contribution in [1.82, 2.24) is 0 Å². The topological polar surface area (TPSA) is 20.2 Å². The van der Waals surface area contributed by atoms with E-state index >= 15 is 0 Å². The lowest BCUT2D eigenvalue weighted by atomic mass is 9.94. The fourth-order valence-electron chi connectivity index (χ4n) is 2.09. The summed E-state index contributed by atoms with van der Waals surface area (Å²) in [6.45, 7) is 3.28. The molecule has 0 aliphatic rings. The van der Waals surface area contributed by atoms with Gasteiger partial charge in [0.05, 0.1) is 5.56 Å². The lowest BCUT2D eigenvalue weighted by Gasteiger charge is -2.17. The van der Waals surface area contributed by atoms with Crippen LogP contribution < -0.4 is 0 Å². The molecule has 0 saturated carbocycles. The highest BCUT2D eigenvalue weighted by atomic mass is 19.2. The van der Waals surface area contributed by atoms with E-state index in [0.29, 0.717) is 5.56 Å². The molecule has 0 spiro atoms. The van der Waals surface area contributed by atoms with Gasteiger partial charge in [-0.15, -0.1) is 0 Å². The van der Waals surface area contributed by atoms with Gasteiger partial charge in [0.1, 0.15) is 6.10 Å². The van der Waals surface area contributed by atoms with Gasteiger partial charge < -0.3 is 5.11 Å². The van der Waals surface area contributed by atoms with Crippen LogP contribution in [0.3, 0.4) is 0 Å². The molecule has 1 unspecified atom stereocenters. The number of halogens is 5. The van der Waals surface area contributed by atoms with Crippen molar-refractivity contribution in [3.8, 4) is 0 Å². The van der Waals surface area contributed by atoms with Crippen molar-refractivity contribution in [2.24, 2.45) is 0 Å². The van der Waals surface area contributed by atoms with Crippen molar-refractivity contribution >= 4 is 0 Å². The van der Waals surface area contributed by atoms with Gasteiger partial charge in [0.2, 0.25) is 5.82 Å². The number of aliphatic hydroxyl groups excluding tert-OH is 1. The van der Waals surface area contributed by atoms with Gasteiger partial charge in [-0.2, -0.15) is 0 Å². The summed E-state index contributed by atoms with van der Waals surface area (Å²) in [6, 6.07) is 4.59. The van der Waals surface area contributed by atoms with Gasteiger partial charge in [-0.3, -0.25) is 0 Å². The second-order valence-electron chi connectivity index (χ2n) is 4.68. The van der Waals surface area contributed by atoms with E-state index in [1.807, 2.05) is 0 Å². The van der Waals surface area contributed by atoms with Crippen molar-refractivity contribution in [1.29, 1.82) is 0 Å². The minimum Gasteiger partial charge on any atom is -0.383 e. The van der Waals surface area contributed by atoms with Crippen LogP contribution in [0.2, 0.25) is 0 Å². The Kier molecular flexibility index (Phi) is 4.00. The largest absolute Gasteiger partial charge is 0.383 e. The van der Waals surface area contributed by atoms with Crippen LogP contribution in [0.4, 0.5) is 22.0 Å². The smallest absolute Gasteiger partial charge is 0.200 e. The lowest BCUT2D eigenvalue weighted by Crippen LogP contribution is -2.13. The lowest BCUT2D eigenvalue weighted by molar-refractivity contribution is 0.202. The summed E-state index contributed by atoms with van der Waals surface area (Å²) in [7, 11) is 0. The van der Waals surface area contributed by atoms with Gasteiger partial charge in [0.25, 0.3) is 0 Å². The van der Waals surface area contributed by atoms with E-state index in [-0.39, 0.29) is 5.56 Å². The molecule has 6 heteroatoms. The van der Waals surface area contributed by atoms with E-state index in [9.17, 15) is 27.1 Å². The molecular formula is C15H11F5O. The third-order valence-electron chi connectivity index (χ3n) is 3.46. The van der Waals surface area contributed by atoms with Gasteiger partial charge >= 0.3 is 0 Å². The minimum atomic E-state index is -2.25. The van der Waals surface area contributed by atoms with Crippen LogP contribution in [0.15, 0.2) is 18.2 Å². The predicted octanol–water partition coefficient (Wildman–Crippen LogP) is 4.08. The summed E-state index contributed by atoms with van der Waals surface area (Å²) < 4.78 is 66.8. The summed E-state index contributed by atoms with van der Waals surface area (Å²) >= 11 is 0. The zero-order chi connectivity index (χ0) is 15.9. The molecule has 2 aromatic rings. The molecular weight excluding hydrogens is 291 g/mol. The van der Waals surface area contributed by atoms with Crippen LogP contribution in [-0.2, 0) is 0 Å². The normalized spacial score (nSPS) is 12.6. The van der Waals surface area contributed by atoms with Gasteiger partial charge in [0, 0.05) is 0 Å². The minimum absolute atomic E-state index is 0.0817. The predicted molar refractivity (Wildman–Crippen MR) is 66.2 cm³/mol. The van der Waals surface area contributed by atoms with E-state index < -0.39 is 40.8 Å². The Balaban J connectivity index is 2.70. The molecule has 1 N–H and O–H groups in total. The molecule has 0 aromatic heterocycles. The van der Waals surface area contributed by atoms with E-state index in [2.05, 4.69) is 0 Å². The van der Waals surface area contributed by atoms with Crippen LogP contribution in [0.1, 0.15) is 28.4 Å². The average Bonchev–Trinajstić information content (AvgIpc) is 2.46. The van der Waals surface area contributed by atoms with E-state index in [1.54, 1.807) is 19.9 Å². The third kappa shape index (κ3) is 2.40. The van der Waals surface area contributed by atoms with E-state index in [1.165, 1.54) is 12.1 Å². The Morgan fingerprint density at radius 2 is 1.29 bits per heavy atom. The highest BCUT2D eigenvalue weighted by molar-refractivity contribution is 5.40. The molecule has 0 radical (unpaired) electrons. The van der Waals surface area contributed by atoms with Crippen molar-refractivity contribution in [2.45, 2.75) is 20.0 Å². The number of rotatable bonds is 2. The van der Waals surface area contributed by atoms with Gasteiger partial charge in [-0.05, 0) is 30.5 Å². The number of aryl methyl sites for hydroxylation is 1. The van der Waals surface area contributed by atoms with Crippen molar-refractivity contribution in [2.75, 3.05) is 0 Å². The molecule has 21 heavy (non-hydrogen) atoms. The van der Waals surface area contributed by atoms with Gasteiger partial charge in [0.15, 0.2) is 23.3 Å². The Labute approximate surface area is 117 Å². The van der Waals surface area contributed by atoms with Crippen LogP contribution in [0.5, 0.6) is 0 Å². The van der Waals surface area contributed by atoms with Crippen LogP contribution in [0, 0.1) is 42.9 Å². The maximum absolute atomic E-state index is 13.7. The number of hydrogen-bond donors (Lipinski definition) is 1. The van der Waals surface area contributed by atoms with Gasteiger partial charge in [-0.25, -0.2) is 22.0 Å². The summed E-state index contributed by atoms with van der Waals surface area (Å²) in [5.41, 5.74) is 0.0580. The monoisotopic (exact) mass is 302 g/mol. The summed E-state index contributed by atoms with van der Waals surface area (Å²) in [5, 5.41) is 10.1. The second-order valence-corrected chi connectivity index (χ2v) is 4.68. The van der Waals surface area contributed by atoms with Crippen LogP contribution in [0.25, 0.3) is 0 Å². The summed E-state index contributed by atoms with van der Waals surface area (Å²) in [5.74, 6) is -10.5. The van der Waals surface area contributed by atoms with E-state index in [4.69, 9.17) is 0 Å². The van der Waals surface area contributed by atoms with Crippen LogP contribution in [-0.4, -0.2) is 5.11 Å². The second kappa shape index (κ2) is 5.44. The Bertz CT molecular complexity index is 683. The fraction of sp³-hybridized carbons (Fsp3) is 0.200. The Morgan fingerprint density at radius 3 is 1.81 bits per heavy atom. The standard InChI is InChI=1S/C15H11F5O/c1-6-4-3-5-8(7(6)2)15(21)9-10(16)12(18)14(20)13(19)11(9)17/h3-5,15,21H,1-2H3. The first-order valence-electron chi connectivity index (χ1n) is 6.02.